The standard InChI is InChI=1S/C18H26N2O/c1-11-8-13(17(3,4)5)9-12(2)14(11)10-15-19-16(21)18(6,7)20-15/h8-9H,10H2,1-7H3,(H,19,20,21). The lowest BCUT2D eigenvalue weighted by Crippen LogP contribution is -2.35. The summed E-state index contributed by atoms with van der Waals surface area (Å²) in [5, 5.41) is 2.90. The molecule has 3 heteroatoms. The number of amidine groups is 1. The van der Waals surface area contributed by atoms with Crippen molar-refractivity contribution >= 4 is 11.7 Å². The second kappa shape index (κ2) is 4.97. The van der Waals surface area contributed by atoms with Crippen molar-refractivity contribution in [3.8, 4) is 0 Å². The lowest BCUT2D eigenvalue weighted by atomic mass is 9.83. The van der Waals surface area contributed by atoms with Crippen LogP contribution in [0.4, 0.5) is 0 Å². The topological polar surface area (TPSA) is 41.5 Å². The Balaban J connectivity index is 2.33. The van der Waals surface area contributed by atoms with Crippen molar-refractivity contribution in [3.05, 3.63) is 34.4 Å². The molecule has 1 aromatic rings. The van der Waals surface area contributed by atoms with Gasteiger partial charge in [-0.25, -0.2) is 0 Å². The number of hydrogen-bond acceptors (Lipinski definition) is 2. The van der Waals surface area contributed by atoms with E-state index in [1.54, 1.807) is 0 Å². The van der Waals surface area contributed by atoms with Crippen molar-refractivity contribution in [1.82, 2.24) is 5.32 Å². The van der Waals surface area contributed by atoms with Crippen molar-refractivity contribution in [1.29, 1.82) is 0 Å². The van der Waals surface area contributed by atoms with E-state index in [1.165, 1.54) is 22.3 Å². The maximum Gasteiger partial charge on any atom is 0.252 e. The molecule has 1 heterocycles. The highest BCUT2D eigenvalue weighted by molar-refractivity contribution is 6.08. The van der Waals surface area contributed by atoms with E-state index in [0.29, 0.717) is 6.42 Å². The van der Waals surface area contributed by atoms with E-state index in [9.17, 15) is 4.79 Å². The molecule has 0 saturated carbocycles. The summed E-state index contributed by atoms with van der Waals surface area (Å²) in [6.07, 6.45) is 0.692. The Labute approximate surface area is 127 Å². The molecule has 0 aliphatic carbocycles. The van der Waals surface area contributed by atoms with Crippen LogP contribution in [0.25, 0.3) is 0 Å². The molecule has 1 aromatic carbocycles. The molecule has 1 aliphatic rings. The van der Waals surface area contributed by atoms with Gasteiger partial charge in [0, 0.05) is 6.42 Å². The van der Waals surface area contributed by atoms with Gasteiger partial charge in [-0.1, -0.05) is 32.9 Å². The fraction of sp³-hybridized carbons (Fsp3) is 0.556. The SMILES string of the molecule is Cc1cc(C(C)(C)C)cc(C)c1CC1=NC(C)(C)C(=O)N1. The van der Waals surface area contributed by atoms with E-state index in [2.05, 4.69) is 57.1 Å². The molecular weight excluding hydrogens is 260 g/mol. The zero-order chi connectivity index (χ0) is 16.0. The summed E-state index contributed by atoms with van der Waals surface area (Å²) in [5.74, 6) is 0.763. The zero-order valence-electron chi connectivity index (χ0n) is 14.2. The Hall–Kier alpha value is -1.64. The number of carbonyl (C=O) groups excluding carboxylic acids is 1. The highest BCUT2D eigenvalue weighted by Gasteiger charge is 2.34. The number of rotatable bonds is 2. The summed E-state index contributed by atoms with van der Waals surface area (Å²) < 4.78 is 0. The minimum Gasteiger partial charge on any atom is -0.312 e. The smallest absolute Gasteiger partial charge is 0.252 e. The van der Waals surface area contributed by atoms with Crippen LogP contribution in [0.15, 0.2) is 17.1 Å². The van der Waals surface area contributed by atoms with Crippen molar-refractivity contribution in [2.75, 3.05) is 0 Å². The fourth-order valence-corrected chi connectivity index (χ4v) is 2.66. The van der Waals surface area contributed by atoms with Crippen LogP contribution in [0, 0.1) is 13.8 Å². The maximum atomic E-state index is 11.8. The summed E-state index contributed by atoms with van der Waals surface area (Å²) in [7, 11) is 0. The van der Waals surface area contributed by atoms with Gasteiger partial charge in [0.05, 0.1) is 0 Å². The third-order valence-corrected chi connectivity index (χ3v) is 4.13. The van der Waals surface area contributed by atoms with Crippen molar-refractivity contribution < 1.29 is 4.79 Å². The number of carbonyl (C=O) groups is 1. The summed E-state index contributed by atoms with van der Waals surface area (Å²) in [5.41, 5.74) is 4.65. The molecule has 114 valence electrons. The van der Waals surface area contributed by atoms with E-state index in [0.717, 1.165) is 5.84 Å². The van der Waals surface area contributed by atoms with Gasteiger partial charge >= 0.3 is 0 Å². The van der Waals surface area contributed by atoms with Crippen molar-refractivity contribution in [2.45, 2.75) is 65.8 Å². The average molecular weight is 286 g/mol. The van der Waals surface area contributed by atoms with Crippen LogP contribution in [-0.4, -0.2) is 17.3 Å². The van der Waals surface area contributed by atoms with Crippen LogP contribution in [0.3, 0.4) is 0 Å². The minimum absolute atomic E-state index is 0.0147. The molecule has 3 nitrogen and oxygen atoms in total. The molecule has 21 heavy (non-hydrogen) atoms. The van der Waals surface area contributed by atoms with Gasteiger partial charge in [-0.15, -0.1) is 0 Å². The van der Waals surface area contributed by atoms with Crippen molar-refractivity contribution in [2.24, 2.45) is 4.99 Å². The molecule has 0 saturated heterocycles. The van der Waals surface area contributed by atoms with Gasteiger partial charge in [0.1, 0.15) is 11.4 Å². The third kappa shape index (κ3) is 3.17. The Morgan fingerprint density at radius 3 is 2.05 bits per heavy atom. The lowest BCUT2D eigenvalue weighted by molar-refractivity contribution is -0.122. The van der Waals surface area contributed by atoms with E-state index in [-0.39, 0.29) is 11.3 Å². The van der Waals surface area contributed by atoms with Gasteiger partial charge in [-0.3, -0.25) is 9.79 Å². The second-order valence-corrected chi connectivity index (χ2v) is 7.59. The first kappa shape index (κ1) is 15.7. The van der Waals surface area contributed by atoms with Crippen LogP contribution in [0.2, 0.25) is 0 Å². The molecule has 0 radical (unpaired) electrons. The Morgan fingerprint density at radius 2 is 1.67 bits per heavy atom. The van der Waals surface area contributed by atoms with Crippen LogP contribution in [-0.2, 0) is 16.6 Å². The van der Waals surface area contributed by atoms with Crippen LogP contribution < -0.4 is 5.32 Å². The number of hydrogen-bond donors (Lipinski definition) is 1. The summed E-state index contributed by atoms with van der Waals surface area (Å²) in [6, 6.07) is 4.51. The van der Waals surface area contributed by atoms with E-state index < -0.39 is 5.54 Å². The average Bonchev–Trinajstić information content (AvgIpc) is 2.56. The highest BCUT2D eigenvalue weighted by atomic mass is 16.2. The molecule has 0 unspecified atom stereocenters. The molecule has 1 amide bonds. The molecule has 0 spiro atoms. The summed E-state index contributed by atoms with van der Waals surface area (Å²) in [4.78, 5) is 16.3. The predicted molar refractivity (Wildman–Crippen MR) is 88.0 cm³/mol. The third-order valence-electron chi connectivity index (χ3n) is 4.13. The van der Waals surface area contributed by atoms with Gasteiger partial charge < -0.3 is 5.32 Å². The molecule has 0 fully saturated rings. The molecule has 0 atom stereocenters. The summed E-state index contributed by atoms with van der Waals surface area (Å²) in [6.45, 7) is 14.6. The van der Waals surface area contributed by atoms with E-state index in [4.69, 9.17) is 0 Å². The number of nitrogens with one attached hydrogen (secondary N) is 1. The Bertz CT molecular complexity index is 596. The zero-order valence-corrected chi connectivity index (χ0v) is 14.2. The second-order valence-electron chi connectivity index (χ2n) is 7.59. The van der Waals surface area contributed by atoms with Crippen LogP contribution in [0.1, 0.15) is 56.9 Å². The molecule has 0 aromatic heterocycles. The minimum atomic E-state index is -0.636. The normalized spacial score (nSPS) is 17.7. The van der Waals surface area contributed by atoms with E-state index in [1.807, 2.05) is 13.8 Å². The number of amides is 1. The first-order valence-corrected chi connectivity index (χ1v) is 7.51. The number of nitrogens with zero attached hydrogens (tertiary/aromatic N) is 1. The quantitative estimate of drug-likeness (QED) is 0.889. The largest absolute Gasteiger partial charge is 0.312 e. The first-order chi connectivity index (χ1) is 9.50. The maximum absolute atomic E-state index is 11.8. The van der Waals surface area contributed by atoms with Crippen LogP contribution in [0.5, 0.6) is 0 Å². The number of aryl methyl sites for hydroxylation is 2. The first-order valence-electron chi connectivity index (χ1n) is 7.51. The Morgan fingerprint density at radius 1 is 1.14 bits per heavy atom. The predicted octanol–water partition coefficient (Wildman–Crippen LogP) is 3.45. The highest BCUT2D eigenvalue weighted by Crippen LogP contribution is 2.27. The molecule has 0 bridgehead atoms. The van der Waals surface area contributed by atoms with Gasteiger partial charge in [0.15, 0.2) is 0 Å². The number of benzene rings is 1. The van der Waals surface area contributed by atoms with Gasteiger partial charge in [0.2, 0.25) is 0 Å². The van der Waals surface area contributed by atoms with Gasteiger partial charge in [-0.2, -0.15) is 0 Å². The molecule has 2 rings (SSSR count). The van der Waals surface area contributed by atoms with Crippen LogP contribution >= 0.6 is 0 Å². The molecule has 1 aliphatic heterocycles. The van der Waals surface area contributed by atoms with Gasteiger partial charge in [0.25, 0.3) is 5.91 Å². The van der Waals surface area contributed by atoms with Crippen molar-refractivity contribution in [3.63, 3.8) is 0 Å². The number of aliphatic imine (C=N–C) groups is 1. The van der Waals surface area contributed by atoms with E-state index >= 15 is 0 Å². The molecule has 1 N–H and O–H groups in total. The fourth-order valence-electron chi connectivity index (χ4n) is 2.66. The lowest BCUT2D eigenvalue weighted by Gasteiger charge is -2.22. The van der Waals surface area contributed by atoms with Gasteiger partial charge in [-0.05, 0) is 55.4 Å². The molecular formula is C18H26N2O. The summed E-state index contributed by atoms with van der Waals surface area (Å²) >= 11 is 0. The Kier molecular flexibility index (Phi) is 3.73. The monoisotopic (exact) mass is 286 g/mol.